The number of halogens is 1. The van der Waals surface area contributed by atoms with Crippen molar-refractivity contribution in [1.29, 1.82) is 0 Å². The van der Waals surface area contributed by atoms with Crippen LogP contribution in [0.15, 0.2) is 36.7 Å². The number of hydrogen-bond acceptors (Lipinski definition) is 2. The smallest absolute Gasteiger partial charge is 0.126 e. The molecule has 1 heterocycles. The highest BCUT2D eigenvalue weighted by Crippen LogP contribution is 2.12. The molecule has 0 fully saturated rings. The van der Waals surface area contributed by atoms with E-state index in [0.29, 0.717) is 6.42 Å². The molecule has 18 heavy (non-hydrogen) atoms. The number of H-pyrrole nitrogens is 1. The largest absolute Gasteiger partial charge is 0.347 e. The summed E-state index contributed by atoms with van der Waals surface area (Å²) in [5.74, 6) is 0.757. The Morgan fingerprint density at radius 1 is 1.33 bits per heavy atom. The highest BCUT2D eigenvalue weighted by atomic mass is 19.1. The fourth-order valence-corrected chi connectivity index (χ4v) is 2.07. The quantitative estimate of drug-likeness (QED) is 0.853. The maximum absolute atomic E-state index is 13.5. The number of aromatic nitrogens is 2. The van der Waals surface area contributed by atoms with Gasteiger partial charge < -0.3 is 10.3 Å². The van der Waals surface area contributed by atoms with E-state index in [2.05, 4.69) is 15.3 Å². The van der Waals surface area contributed by atoms with Crippen LogP contribution in [0.2, 0.25) is 0 Å². The molecule has 2 rings (SSSR count). The second-order valence-corrected chi connectivity index (χ2v) is 4.56. The molecular formula is C14H18FN3. The Bertz CT molecular complexity index is 482. The van der Waals surface area contributed by atoms with Crippen molar-refractivity contribution in [2.45, 2.75) is 32.4 Å². The molecule has 96 valence electrons. The lowest BCUT2D eigenvalue weighted by Crippen LogP contribution is -2.31. The molecule has 1 aromatic heterocycles. The van der Waals surface area contributed by atoms with E-state index in [-0.39, 0.29) is 17.9 Å². The van der Waals surface area contributed by atoms with Crippen LogP contribution in [0.25, 0.3) is 0 Å². The average Bonchev–Trinajstić information content (AvgIpc) is 2.85. The molecule has 0 amide bonds. The molecule has 3 nitrogen and oxygen atoms in total. The van der Waals surface area contributed by atoms with Crippen molar-refractivity contribution >= 4 is 0 Å². The third-order valence-electron chi connectivity index (χ3n) is 2.95. The maximum atomic E-state index is 13.5. The summed E-state index contributed by atoms with van der Waals surface area (Å²) < 4.78 is 13.5. The normalized spacial score (nSPS) is 14.4. The molecule has 0 spiro atoms. The molecule has 2 atom stereocenters. The van der Waals surface area contributed by atoms with Crippen LogP contribution in [-0.4, -0.2) is 16.0 Å². The van der Waals surface area contributed by atoms with Gasteiger partial charge >= 0.3 is 0 Å². The lowest BCUT2D eigenvalue weighted by Gasteiger charge is -2.18. The van der Waals surface area contributed by atoms with Gasteiger partial charge in [-0.25, -0.2) is 9.37 Å². The third-order valence-corrected chi connectivity index (χ3v) is 2.95. The van der Waals surface area contributed by atoms with Crippen molar-refractivity contribution in [2.75, 3.05) is 0 Å². The predicted octanol–water partition coefficient (Wildman–Crippen LogP) is 2.83. The number of benzene rings is 1. The molecular weight excluding hydrogens is 229 g/mol. The van der Waals surface area contributed by atoms with Gasteiger partial charge in [0.1, 0.15) is 11.6 Å². The van der Waals surface area contributed by atoms with E-state index in [9.17, 15) is 4.39 Å². The van der Waals surface area contributed by atoms with E-state index in [1.807, 2.05) is 26.0 Å². The van der Waals surface area contributed by atoms with Gasteiger partial charge in [-0.05, 0) is 31.9 Å². The second kappa shape index (κ2) is 5.78. The number of nitrogens with one attached hydrogen (secondary N) is 2. The number of rotatable bonds is 5. The molecule has 0 saturated carbocycles. The van der Waals surface area contributed by atoms with Crippen molar-refractivity contribution in [3.05, 3.63) is 53.9 Å². The lowest BCUT2D eigenvalue weighted by atomic mass is 10.1. The minimum absolute atomic E-state index is 0.127. The van der Waals surface area contributed by atoms with E-state index in [0.717, 1.165) is 11.4 Å². The van der Waals surface area contributed by atoms with Crippen LogP contribution in [0.1, 0.15) is 31.3 Å². The zero-order chi connectivity index (χ0) is 13.0. The van der Waals surface area contributed by atoms with Crippen LogP contribution in [0, 0.1) is 5.82 Å². The zero-order valence-electron chi connectivity index (χ0n) is 10.7. The number of aromatic amines is 1. The van der Waals surface area contributed by atoms with Crippen LogP contribution in [0.5, 0.6) is 0 Å². The first-order chi connectivity index (χ1) is 8.66. The SMILES string of the molecule is CC(Cc1ccccc1F)NC(C)c1ncc[nH]1. The van der Waals surface area contributed by atoms with Crippen molar-refractivity contribution in [3.8, 4) is 0 Å². The Hall–Kier alpha value is -1.68. The Kier molecular flexibility index (Phi) is 4.10. The van der Waals surface area contributed by atoms with Gasteiger partial charge in [-0.2, -0.15) is 0 Å². The summed E-state index contributed by atoms with van der Waals surface area (Å²) in [6, 6.07) is 7.20. The maximum Gasteiger partial charge on any atom is 0.126 e. The van der Waals surface area contributed by atoms with Gasteiger partial charge in [0, 0.05) is 18.4 Å². The monoisotopic (exact) mass is 247 g/mol. The van der Waals surface area contributed by atoms with Gasteiger partial charge in [-0.3, -0.25) is 0 Å². The highest BCUT2D eigenvalue weighted by molar-refractivity contribution is 5.18. The van der Waals surface area contributed by atoms with Gasteiger partial charge in [0.05, 0.1) is 6.04 Å². The molecule has 0 aliphatic heterocycles. The highest BCUT2D eigenvalue weighted by Gasteiger charge is 2.12. The molecule has 2 unspecified atom stereocenters. The Morgan fingerprint density at radius 2 is 2.11 bits per heavy atom. The van der Waals surface area contributed by atoms with Crippen LogP contribution in [0.3, 0.4) is 0 Å². The first kappa shape index (κ1) is 12.8. The second-order valence-electron chi connectivity index (χ2n) is 4.56. The molecule has 0 bridgehead atoms. The van der Waals surface area contributed by atoms with Gasteiger partial charge in [0.2, 0.25) is 0 Å². The standard InChI is InChI=1S/C14H18FN3/c1-10(9-12-5-3-4-6-13(12)15)18-11(2)14-16-7-8-17-14/h3-8,10-11,18H,9H2,1-2H3,(H,16,17). The topological polar surface area (TPSA) is 40.7 Å². The molecule has 0 aliphatic rings. The van der Waals surface area contributed by atoms with Crippen LogP contribution < -0.4 is 5.32 Å². The molecule has 0 aliphatic carbocycles. The molecule has 4 heteroatoms. The van der Waals surface area contributed by atoms with Crippen molar-refractivity contribution in [2.24, 2.45) is 0 Å². The minimum Gasteiger partial charge on any atom is -0.347 e. The van der Waals surface area contributed by atoms with Crippen molar-refractivity contribution in [3.63, 3.8) is 0 Å². The summed E-state index contributed by atoms with van der Waals surface area (Å²) in [6.07, 6.45) is 4.20. The zero-order valence-corrected chi connectivity index (χ0v) is 10.7. The summed E-state index contributed by atoms with van der Waals surface area (Å²) in [7, 11) is 0. The van der Waals surface area contributed by atoms with E-state index in [1.165, 1.54) is 6.07 Å². The molecule has 0 saturated heterocycles. The molecule has 0 radical (unpaired) electrons. The summed E-state index contributed by atoms with van der Waals surface area (Å²) in [5, 5.41) is 3.40. The first-order valence-corrected chi connectivity index (χ1v) is 6.15. The number of imidazole rings is 1. The molecule has 1 aromatic carbocycles. The lowest BCUT2D eigenvalue weighted by molar-refractivity contribution is 0.457. The number of hydrogen-bond donors (Lipinski definition) is 2. The van der Waals surface area contributed by atoms with Crippen molar-refractivity contribution in [1.82, 2.24) is 15.3 Å². The fourth-order valence-electron chi connectivity index (χ4n) is 2.07. The molecule has 2 N–H and O–H groups in total. The van der Waals surface area contributed by atoms with Gasteiger partial charge in [-0.15, -0.1) is 0 Å². The average molecular weight is 247 g/mol. The van der Waals surface area contributed by atoms with Gasteiger partial charge in [0.15, 0.2) is 0 Å². The Balaban J connectivity index is 1.93. The van der Waals surface area contributed by atoms with Gasteiger partial charge in [-0.1, -0.05) is 18.2 Å². The Morgan fingerprint density at radius 3 is 2.78 bits per heavy atom. The van der Waals surface area contributed by atoms with E-state index in [1.54, 1.807) is 18.5 Å². The minimum atomic E-state index is -0.142. The molecule has 2 aromatic rings. The third kappa shape index (κ3) is 3.17. The van der Waals surface area contributed by atoms with Crippen LogP contribution >= 0.6 is 0 Å². The summed E-state index contributed by atoms with van der Waals surface area (Å²) in [5.41, 5.74) is 0.740. The summed E-state index contributed by atoms with van der Waals surface area (Å²) >= 11 is 0. The van der Waals surface area contributed by atoms with Crippen LogP contribution in [0.4, 0.5) is 4.39 Å². The number of nitrogens with zero attached hydrogens (tertiary/aromatic N) is 1. The Labute approximate surface area is 106 Å². The van der Waals surface area contributed by atoms with Crippen LogP contribution in [-0.2, 0) is 6.42 Å². The summed E-state index contributed by atoms with van der Waals surface area (Å²) in [6.45, 7) is 4.09. The van der Waals surface area contributed by atoms with E-state index >= 15 is 0 Å². The van der Waals surface area contributed by atoms with Gasteiger partial charge in [0.25, 0.3) is 0 Å². The summed E-state index contributed by atoms with van der Waals surface area (Å²) in [4.78, 5) is 7.27. The first-order valence-electron chi connectivity index (χ1n) is 6.15. The predicted molar refractivity (Wildman–Crippen MR) is 69.7 cm³/mol. The fraction of sp³-hybridized carbons (Fsp3) is 0.357. The van der Waals surface area contributed by atoms with E-state index < -0.39 is 0 Å². The van der Waals surface area contributed by atoms with Crippen molar-refractivity contribution < 1.29 is 4.39 Å². The van der Waals surface area contributed by atoms with E-state index in [4.69, 9.17) is 0 Å².